The van der Waals surface area contributed by atoms with Gasteiger partial charge in [0.15, 0.2) is 5.13 Å². The number of rotatable bonds is 2. The summed E-state index contributed by atoms with van der Waals surface area (Å²) in [7, 11) is 0. The molecule has 1 aromatic heterocycles. The zero-order chi connectivity index (χ0) is 12.5. The molecule has 92 valence electrons. The quantitative estimate of drug-likeness (QED) is 0.897. The Morgan fingerprint density at radius 3 is 2.78 bits per heavy atom. The minimum atomic E-state index is -0.568. The zero-order valence-electron chi connectivity index (χ0n) is 9.61. The molecule has 2 aromatic rings. The standard InChI is InChI=1S/C13H12N2O2S/c16-10-6-12(17)15(8-10)13-14-7-11(18-13)9-4-2-1-3-5-9/h1-5,7,10,16H,6,8H2. The summed E-state index contributed by atoms with van der Waals surface area (Å²) in [4.78, 5) is 18.5. The van der Waals surface area contributed by atoms with Crippen LogP contribution in [0.2, 0.25) is 0 Å². The average Bonchev–Trinajstić information content (AvgIpc) is 2.97. The molecule has 0 spiro atoms. The number of hydrogen-bond acceptors (Lipinski definition) is 4. The van der Waals surface area contributed by atoms with Gasteiger partial charge in [0.25, 0.3) is 0 Å². The van der Waals surface area contributed by atoms with Gasteiger partial charge in [-0.3, -0.25) is 9.69 Å². The first kappa shape index (κ1) is 11.4. The molecule has 3 rings (SSSR count). The number of carbonyl (C=O) groups is 1. The molecule has 1 saturated heterocycles. The van der Waals surface area contributed by atoms with Gasteiger partial charge in [-0.05, 0) is 5.56 Å². The number of β-amino-alcohol motifs (C(OH)–C–C–N with tert-alkyl or cyclic N) is 1. The topological polar surface area (TPSA) is 53.4 Å². The van der Waals surface area contributed by atoms with Gasteiger partial charge in [-0.25, -0.2) is 4.98 Å². The number of benzene rings is 1. The Balaban J connectivity index is 1.88. The third kappa shape index (κ3) is 2.02. The predicted octanol–water partition coefficient (Wildman–Crippen LogP) is 1.91. The molecular weight excluding hydrogens is 248 g/mol. The van der Waals surface area contributed by atoms with Crippen molar-refractivity contribution < 1.29 is 9.90 Å². The lowest BCUT2D eigenvalue weighted by atomic mass is 10.2. The Morgan fingerprint density at radius 2 is 2.11 bits per heavy atom. The van der Waals surface area contributed by atoms with Crippen LogP contribution in [-0.4, -0.2) is 28.6 Å². The third-order valence-corrected chi connectivity index (χ3v) is 3.96. The zero-order valence-corrected chi connectivity index (χ0v) is 10.4. The predicted molar refractivity (Wildman–Crippen MR) is 70.5 cm³/mol. The minimum Gasteiger partial charge on any atom is -0.391 e. The van der Waals surface area contributed by atoms with Crippen LogP contribution in [0.15, 0.2) is 36.5 Å². The van der Waals surface area contributed by atoms with E-state index in [0.29, 0.717) is 11.7 Å². The van der Waals surface area contributed by atoms with E-state index in [0.717, 1.165) is 10.4 Å². The first-order valence-electron chi connectivity index (χ1n) is 5.74. The Bertz CT molecular complexity index is 567. The van der Waals surface area contributed by atoms with E-state index in [1.54, 1.807) is 11.1 Å². The largest absolute Gasteiger partial charge is 0.391 e. The molecule has 18 heavy (non-hydrogen) atoms. The molecule has 1 aliphatic rings. The summed E-state index contributed by atoms with van der Waals surface area (Å²) in [6.45, 7) is 0.348. The molecule has 1 amide bonds. The van der Waals surface area contributed by atoms with Gasteiger partial charge in [0.2, 0.25) is 5.91 Å². The van der Waals surface area contributed by atoms with E-state index in [9.17, 15) is 9.90 Å². The van der Waals surface area contributed by atoms with Crippen LogP contribution >= 0.6 is 11.3 Å². The van der Waals surface area contributed by atoms with Crippen molar-refractivity contribution in [2.24, 2.45) is 0 Å². The lowest BCUT2D eigenvalue weighted by Crippen LogP contribution is -2.24. The van der Waals surface area contributed by atoms with Crippen molar-refractivity contribution in [1.29, 1.82) is 0 Å². The lowest BCUT2D eigenvalue weighted by Gasteiger charge is -2.10. The molecule has 0 radical (unpaired) electrons. The second-order valence-corrected chi connectivity index (χ2v) is 5.24. The Kier molecular flexibility index (Phi) is 2.85. The number of nitrogens with zero attached hydrogens (tertiary/aromatic N) is 2. The van der Waals surface area contributed by atoms with Gasteiger partial charge < -0.3 is 5.11 Å². The summed E-state index contributed by atoms with van der Waals surface area (Å²) in [5.41, 5.74) is 1.09. The van der Waals surface area contributed by atoms with E-state index in [1.807, 2.05) is 30.3 Å². The third-order valence-electron chi connectivity index (χ3n) is 2.89. The van der Waals surface area contributed by atoms with Crippen molar-refractivity contribution in [3.05, 3.63) is 36.5 Å². The second kappa shape index (κ2) is 4.51. The SMILES string of the molecule is O=C1CC(O)CN1c1ncc(-c2ccccc2)s1. The first-order chi connectivity index (χ1) is 8.74. The van der Waals surface area contributed by atoms with E-state index in [2.05, 4.69) is 4.98 Å². The van der Waals surface area contributed by atoms with Gasteiger partial charge in [-0.1, -0.05) is 41.7 Å². The monoisotopic (exact) mass is 260 g/mol. The van der Waals surface area contributed by atoms with Crippen LogP contribution in [0.25, 0.3) is 10.4 Å². The summed E-state index contributed by atoms with van der Waals surface area (Å²) in [5.74, 6) is -0.0588. The molecule has 1 aromatic carbocycles. The van der Waals surface area contributed by atoms with E-state index in [-0.39, 0.29) is 12.3 Å². The molecule has 1 unspecified atom stereocenters. The van der Waals surface area contributed by atoms with E-state index < -0.39 is 6.10 Å². The van der Waals surface area contributed by atoms with Gasteiger partial charge in [-0.2, -0.15) is 0 Å². The number of anilines is 1. The van der Waals surface area contributed by atoms with Crippen molar-refractivity contribution in [2.45, 2.75) is 12.5 Å². The number of carbonyl (C=O) groups excluding carboxylic acids is 1. The molecule has 5 heteroatoms. The molecule has 1 N–H and O–H groups in total. The fourth-order valence-electron chi connectivity index (χ4n) is 2.00. The smallest absolute Gasteiger partial charge is 0.231 e. The van der Waals surface area contributed by atoms with Gasteiger partial charge in [-0.15, -0.1) is 0 Å². The number of aliphatic hydroxyl groups excluding tert-OH is 1. The highest BCUT2D eigenvalue weighted by molar-refractivity contribution is 7.19. The van der Waals surface area contributed by atoms with Crippen molar-refractivity contribution in [3.8, 4) is 10.4 Å². The molecule has 0 saturated carbocycles. The number of amides is 1. The number of thiazole rings is 1. The minimum absolute atomic E-state index is 0.0588. The summed E-state index contributed by atoms with van der Waals surface area (Å²) >= 11 is 1.47. The van der Waals surface area contributed by atoms with E-state index >= 15 is 0 Å². The molecule has 0 aliphatic carbocycles. The van der Waals surface area contributed by atoms with Gasteiger partial charge in [0.1, 0.15) is 0 Å². The number of aromatic nitrogens is 1. The average molecular weight is 260 g/mol. The second-order valence-electron chi connectivity index (χ2n) is 4.24. The van der Waals surface area contributed by atoms with E-state index in [1.165, 1.54) is 11.3 Å². The van der Waals surface area contributed by atoms with Crippen LogP contribution in [-0.2, 0) is 4.79 Å². The molecule has 1 atom stereocenters. The molecule has 1 fully saturated rings. The highest BCUT2D eigenvalue weighted by atomic mass is 32.1. The fraction of sp³-hybridized carbons (Fsp3) is 0.231. The van der Waals surface area contributed by atoms with Crippen LogP contribution in [0.3, 0.4) is 0 Å². The lowest BCUT2D eigenvalue weighted by molar-refractivity contribution is -0.117. The van der Waals surface area contributed by atoms with Crippen molar-refractivity contribution in [2.75, 3.05) is 11.4 Å². The highest BCUT2D eigenvalue weighted by Gasteiger charge is 2.30. The normalized spacial score (nSPS) is 19.5. The van der Waals surface area contributed by atoms with Crippen LogP contribution in [0.1, 0.15) is 6.42 Å². The van der Waals surface area contributed by atoms with Crippen LogP contribution in [0.4, 0.5) is 5.13 Å². The maximum Gasteiger partial charge on any atom is 0.231 e. The molecule has 0 bridgehead atoms. The van der Waals surface area contributed by atoms with Gasteiger partial charge >= 0.3 is 0 Å². The Labute approximate surface area is 109 Å². The summed E-state index contributed by atoms with van der Waals surface area (Å²) in [6.07, 6.45) is 1.40. The summed E-state index contributed by atoms with van der Waals surface area (Å²) in [6, 6.07) is 9.93. The van der Waals surface area contributed by atoms with Crippen LogP contribution < -0.4 is 4.90 Å². The van der Waals surface area contributed by atoms with E-state index in [4.69, 9.17) is 0 Å². The van der Waals surface area contributed by atoms with Crippen LogP contribution in [0, 0.1) is 0 Å². The summed E-state index contributed by atoms with van der Waals surface area (Å²) < 4.78 is 0. The fourth-order valence-corrected chi connectivity index (χ4v) is 2.95. The van der Waals surface area contributed by atoms with Gasteiger partial charge in [0, 0.05) is 6.20 Å². The van der Waals surface area contributed by atoms with Gasteiger partial charge in [0.05, 0.1) is 23.9 Å². The molecule has 4 nitrogen and oxygen atoms in total. The van der Waals surface area contributed by atoms with Crippen molar-refractivity contribution in [1.82, 2.24) is 4.98 Å². The number of hydrogen-bond donors (Lipinski definition) is 1. The maximum absolute atomic E-state index is 11.7. The Morgan fingerprint density at radius 1 is 1.33 bits per heavy atom. The molecule has 2 heterocycles. The maximum atomic E-state index is 11.7. The number of aliphatic hydroxyl groups is 1. The molecule has 1 aliphatic heterocycles. The summed E-state index contributed by atoms with van der Waals surface area (Å²) in [5, 5.41) is 10.1. The molecular formula is C13H12N2O2S. The van der Waals surface area contributed by atoms with Crippen molar-refractivity contribution in [3.63, 3.8) is 0 Å². The van der Waals surface area contributed by atoms with Crippen molar-refractivity contribution >= 4 is 22.4 Å². The first-order valence-corrected chi connectivity index (χ1v) is 6.55. The Hall–Kier alpha value is -1.72. The van der Waals surface area contributed by atoms with Crippen LogP contribution in [0.5, 0.6) is 0 Å². The highest BCUT2D eigenvalue weighted by Crippen LogP contribution is 2.32.